The largest absolute Gasteiger partial charge is 0.391 e. The van der Waals surface area contributed by atoms with Crippen LogP contribution in [0.15, 0.2) is 18.2 Å². The average Bonchev–Trinajstić information content (AvgIpc) is 2.97. The number of likely N-dealkylation sites (tertiary alicyclic amines) is 1. The summed E-state index contributed by atoms with van der Waals surface area (Å²) in [5.74, 6) is -1.69. The molecule has 0 aromatic heterocycles. The number of hydrogen-bond acceptors (Lipinski definition) is 2. The molecule has 1 aliphatic rings. The number of hydrogen-bond donors (Lipinski definition) is 1. The molecule has 0 aliphatic carbocycles. The summed E-state index contributed by atoms with van der Waals surface area (Å²) in [5.41, 5.74) is -0.133. The number of aliphatic hydroxyl groups is 1. The summed E-state index contributed by atoms with van der Waals surface area (Å²) in [6, 6.07) is 4.13. The van der Waals surface area contributed by atoms with Crippen LogP contribution in [-0.2, 0) is 6.42 Å². The van der Waals surface area contributed by atoms with Gasteiger partial charge in [-0.25, -0.2) is 8.78 Å². The van der Waals surface area contributed by atoms with Crippen molar-refractivity contribution in [3.8, 4) is 0 Å². The molecule has 1 aromatic rings. The van der Waals surface area contributed by atoms with E-state index in [9.17, 15) is 13.9 Å². The first-order chi connectivity index (χ1) is 9.49. The highest BCUT2D eigenvalue weighted by molar-refractivity contribution is 5.20. The van der Waals surface area contributed by atoms with Gasteiger partial charge in [-0.1, -0.05) is 19.1 Å². The van der Waals surface area contributed by atoms with Crippen LogP contribution >= 0.6 is 0 Å². The van der Waals surface area contributed by atoms with Crippen molar-refractivity contribution in [1.29, 1.82) is 0 Å². The molecule has 0 saturated carbocycles. The molecule has 4 heteroatoms. The Labute approximate surface area is 119 Å². The van der Waals surface area contributed by atoms with Crippen LogP contribution in [0.1, 0.15) is 38.7 Å². The van der Waals surface area contributed by atoms with Gasteiger partial charge in [0.2, 0.25) is 0 Å². The third-order valence-corrected chi connectivity index (χ3v) is 4.71. The molecule has 2 nitrogen and oxygen atoms in total. The lowest BCUT2D eigenvalue weighted by Crippen LogP contribution is -2.53. The summed E-state index contributed by atoms with van der Waals surface area (Å²) in [6.45, 7) is 5.98. The van der Waals surface area contributed by atoms with Gasteiger partial charge in [-0.2, -0.15) is 0 Å². The fraction of sp³-hybridized carbons (Fsp3) is 0.625. The van der Waals surface area contributed by atoms with Crippen molar-refractivity contribution in [3.63, 3.8) is 0 Å². The Bertz CT molecular complexity index is 460. The molecule has 1 heterocycles. The molecule has 0 radical (unpaired) electrons. The summed E-state index contributed by atoms with van der Waals surface area (Å²) < 4.78 is 27.0. The standard InChI is InChI=1S/C16H23F2NO/c1-3-16(2,19-9-4-5-10-19)14(20)11-12-7-6-8-13(17)15(12)18/h6-8,14,20H,3-5,9-11H2,1-2H3. The average molecular weight is 283 g/mol. The number of rotatable bonds is 5. The Kier molecular flexibility index (Phi) is 4.76. The lowest BCUT2D eigenvalue weighted by molar-refractivity contribution is -0.0121. The van der Waals surface area contributed by atoms with Crippen molar-refractivity contribution < 1.29 is 13.9 Å². The highest BCUT2D eigenvalue weighted by atomic mass is 19.2. The van der Waals surface area contributed by atoms with Crippen LogP contribution in [0, 0.1) is 11.6 Å². The normalized spacial score (nSPS) is 20.9. The van der Waals surface area contributed by atoms with Crippen molar-refractivity contribution in [2.45, 2.75) is 51.2 Å². The molecule has 1 fully saturated rings. The molecule has 1 saturated heterocycles. The number of halogens is 2. The molecule has 112 valence electrons. The van der Waals surface area contributed by atoms with Gasteiger partial charge < -0.3 is 5.11 Å². The quantitative estimate of drug-likeness (QED) is 0.897. The van der Waals surface area contributed by atoms with Gasteiger partial charge in [0.15, 0.2) is 11.6 Å². The van der Waals surface area contributed by atoms with E-state index >= 15 is 0 Å². The molecule has 1 aliphatic heterocycles. The van der Waals surface area contributed by atoms with E-state index in [4.69, 9.17) is 0 Å². The minimum Gasteiger partial charge on any atom is -0.391 e. The van der Waals surface area contributed by atoms with Crippen molar-refractivity contribution in [3.05, 3.63) is 35.4 Å². The van der Waals surface area contributed by atoms with Crippen LogP contribution in [0.3, 0.4) is 0 Å². The summed E-state index contributed by atoms with van der Waals surface area (Å²) in [4.78, 5) is 2.27. The van der Waals surface area contributed by atoms with Gasteiger partial charge >= 0.3 is 0 Å². The lowest BCUT2D eigenvalue weighted by Gasteiger charge is -2.42. The summed E-state index contributed by atoms with van der Waals surface area (Å²) in [6.07, 6.45) is 2.49. The van der Waals surface area contributed by atoms with E-state index in [0.29, 0.717) is 0 Å². The molecular formula is C16H23F2NO. The maximum absolute atomic E-state index is 13.7. The van der Waals surface area contributed by atoms with Gasteiger partial charge in [0.05, 0.1) is 6.10 Å². The van der Waals surface area contributed by atoms with Gasteiger partial charge in [0.25, 0.3) is 0 Å². The van der Waals surface area contributed by atoms with Crippen LogP contribution in [0.25, 0.3) is 0 Å². The number of nitrogens with zero attached hydrogens (tertiary/aromatic N) is 1. The molecule has 2 rings (SSSR count). The fourth-order valence-corrected chi connectivity index (χ4v) is 3.03. The Morgan fingerprint density at radius 1 is 1.30 bits per heavy atom. The predicted molar refractivity (Wildman–Crippen MR) is 75.6 cm³/mol. The van der Waals surface area contributed by atoms with E-state index in [-0.39, 0.29) is 17.5 Å². The lowest BCUT2D eigenvalue weighted by atomic mass is 9.86. The SMILES string of the molecule is CCC(C)(C(O)Cc1cccc(F)c1F)N1CCCC1. The van der Waals surface area contributed by atoms with Crippen LogP contribution < -0.4 is 0 Å². The molecule has 0 bridgehead atoms. The van der Waals surface area contributed by atoms with Gasteiger partial charge in [0.1, 0.15) is 0 Å². The third kappa shape index (κ3) is 2.86. The monoisotopic (exact) mass is 283 g/mol. The summed E-state index contributed by atoms with van der Waals surface area (Å²) >= 11 is 0. The van der Waals surface area contributed by atoms with Crippen molar-refractivity contribution in [2.24, 2.45) is 0 Å². The first-order valence-electron chi connectivity index (χ1n) is 7.35. The molecule has 1 aromatic carbocycles. The maximum atomic E-state index is 13.7. The van der Waals surface area contributed by atoms with E-state index in [2.05, 4.69) is 4.90 Å². The predicted octanol–water partition coefficient (Wildman–Crippen LogP) is 3.13. The highest BCUT2D eigenvalue weighted by Gasteiger charge is 2.38. The molecule has 1 N–H and O–H groups in total. The zero-order valence-corrected chi connectivity index (χ0v) is 12.2. The number of benzene rings is 1. The van der Waals surface area contributed by atoms with Gasteiger partial charge in [-0.15, -0.1) is 0 Å². The summed E-state index contributed by atoms with van der Waals surface area (Å²) in [5, 5.41) is 10.6. The van der Waals surface area contributed by atoms with Crippen LogP contribution in [0.5, 0.6) is 0 Å². The van der Waals surface area contributed by atoms with Crippen molar-refractivity contribution in [2.75, 3.05) is 13.1 Å². The summed E-state index contributed by atoms with van der Waals surface area (Å²) in [7, 11) is 0. The Morgan fingerprint density at radius 3 is 2.55 bits per heavy atom. The van der Waals surface area contributed by atoms with Crippen molar-refractivity contribution in [1.82, 2.24) is 4.90 Å². The minimum atomic E-state index is -0.853. The van der Waals surface area contributed by atoms with Gasteiger partial charge in [-0.3, -0.25) is 4.90 Å². The highest BCUT2D eigenvalue weighted by Crippen LogP contribution is 2.30. The maximum Gasteiger partial charge on any atom is 0.162 e. The zero-order valence-electron chi connectivity index (χ0n) is 12.2. The molecular weight excluding hydrogens is 260 g/mol. The molecule has 2 atom stereocenters. The van der Waals surface area contributed by atoms with Crippen LogP contribution in [0.4, 0.5) is 8.78 Å². The third-order valence-electron chi connectivity index (χ3n) is 4.71. The van der Waals surface area contributed by atoms with E-state index < -0.39 is 17.7 Å². The Balaban J connectivity index is 2.16. The Morgan fingerprint density at radius 2 is 1.95 bits per heavy atom. The Hall–Kier alpha value is -1.00. The second kappa shape index (κ2) is 6.19. The zero-order chi connectivity index (χ0) is 14.8. The second-order valence-electron chi connectivity index (χ2n) is 5.84. The topological polar surface area (TPSA) is 23.5 Å². The van der Waals surface area contributed by atoms with E-state index in [0.717, 1.165) is 38.4 Å². The number of aliphatic hydroxyl groups excluding tert-OH is 1. The molecule has 20 heavy (non-hydrogen) atoms. The smallest absolute Gasteiger partial charge is 0.162 e. The fourth-order valence-electron chi connectivity index (χ4n) is 3.03. The van der Waals surface area contributed by atoms with E-state index in [1.54, 1.807) is 6.07 Å². The van der Waals surface area contributed by atoms with Crippen molar-refractivity contribution >= 4 is 0 Å². The molecule has 0 amide bonds. The van der Waals surface area contributed by atoms with E-state index in [1.165, 1.54) is 6.07 Å². The second-order valence-corrected chi connectivity index (χ2v) is 5.84. The van der Waals surface area contributed by atoms with E-state index in [1.807, 2.05) is 13.8 Å². The molecule has 0 spiro atoms. The van der Waals surface area contributed by atoms with Crippen LogP contribution in [0.2, 0.25) is 0 Å². The first kappa shape index (κ1) is 15.4. The van der Waals surface area contributed by atoms with Crippen LogP contribution in [-0.4, -0.2) is 34.7 Å². The molecule has 2 unspecified atom stereocenters. The minimum absolute atomic E-state index is 0.143. The van der Waals surface area contributed by atoms with Gasteiger partial charge in [0, 0.05) is 12.0 Å². The van der Waals surface area contributed by atoms with Gasteiger partial charge in [-0.05, 0) is 50.9 Å². The first-order valence-corrected chi connectivity index (χ1v) is 7.35.